The third-order valence-electron chi connectivity index (χ3n) is 3.63. The lowest BCUT2D eigenvalue weighted by atomic mass is 10.0. The Labute approximate surface area is 131 Å². The number of alkyl halides is 4. The quantitative estimate of drug-likeness (QED) is 0.815. The van der Waals surface area contributed by atoms with Gasteiger partial charge in [-0.1, -0.05) is 12.1 Å². The van der Waals surface area contributed by atoms with Crippen molar-refractivity contribution >= 4 is 0 Å². The highest BCUT2D eigenvalue weighted by atomic mass is 19.3. The smallest absolute Gasteiger partial charge is 0.428 e. The molecular formula is C15H17F4N3O. The Hall–Kier alpha value is -1.85. The molecule has 0 bridgehead atoms. The van der Waals surface area contributed by atoms with Crippen molar-refractivity contribution in [1.29, 1.82) is 5.26 Å². The molecule has 1 aliphatic heterocycles. The van der Waals surface area contributed by atoms with Gasteiger partial charge in [-0.15, -0.1) is 0 Å². The number of rotatable bonds is 6. The van der Waals surface area contributed by atoms with Crippen molar-refractivity contribution in [3.8, 4) is 11.8 Å². The molecule has 4 nitrogen and oxygen atoms in total. The van der Waals surface area contributed by atoms with Crippen molar-refractivity contribution < 1.29 is 22.3 Å². The second-order valence-electron chi connectivity index (χ2n) is 5.20. The lowest BCUT2D eigenvalue weighted by Gasteiger charge is -2.34. The van der Waals surface area contributed by atoms with Gasteiger partial charge in [-0.05, 0) is 17.7 Å². The third-order valence-corrected chi connectivity index (χ3v) is 3.63. The van der Waals surface area contributed by atoms with E-state index in [2.05, 4.69) is 21.0 Å². The summed E-state index contributed by atoms with van der Waals surface area (Å²) in [6.45, 7) is 2.96. The largest absolute Gasteiger partial charge is 0.461 e. The van der Waals surface area contributed by atoms with Crippen LogP contribution in [0.2, 0.25) is 0 Å². The van der Waals surface area contributed by atoms with Gasteiger partial charge in [-0.25, -0.2) is 0 Å². The Morgan fingerprint density at radius 3 is 2.61 bits per heavy atom. The van der Waals surface area contributed by atoms with Crippen LogP contribution in [0, 0.1) is 11.3 Å². The topological polar surface area (TPSA) is 48.3 Å². The first kappa shape index (κ1) is 17.5. The maximum absolute atomic E-state index is 13.0. The number of nitriles is 1. The van der Waals surface area contributed by atoms with Crippen molar-refractivity contribution in [2.24, 2.45) is 0 Å². The van der Waals surface area contributed by atoms with Gasteiger partial charge in [0.15, 0.2) is 0 Å². The molecule has 1 saturated heterocycles. The number of piperazine rings is 1. The number of hydrogen-bond acceptors (Lipinski definition) is 4. The van der Waals surface area contributed by atoms with Gasteiger partial charge in [0.1, 0.15) is 5.75 Å². The minimum atomic E-state index is -4.54. The van der Waals surface area contributed by atoms with Gasteiger partial charge in [0.25, 0.3) is 0 Å². The van der Waals surface area contributed by atoms with E-state index < -0.39 is 12.5 Å². The number of nitrogens with zero attached hydrogens (tertiary/aromatic N) is 2. The molecule has 0 aromatic heterocycles. The van der Waals surface area contributed by atoms with Gasteiger partial charge < -0.3 is 10.1 Å². The van der Waals surface area contributed by atoms with Crippen LogP contribution in [-0.4, -0.2) is 43.6 Å². The van der Waals surface area contributed by atoms with E-state index in [0.717, 1.165) is 13.1 Å². The van der Waals surface area contributed by atoms with Gasteiger partial charge >= 0.3 is 12.5 Å². The Morgan fingerprint density at radius 2 is 2.00 bits per heavy atom. The highest BCUT2D eigenvalue weighted by Gasteiger charge is 2.44. The monoisotopic (exact) mass is 331 g/mol. The normalized spacial score (nSPS) is 17.7. The molecule has 1 fully saturated rings. The number of benzene rings is 1. The maximum atomic E-state index is 13.0. The van der Waals surface area contributed by atoms with Crippen LogP contribution < -0.4 is 10.1 Å². The number of ether oxygens (including phenoxy) is 1. The van der Waals surface area contributed by atoms with E-state index in [0.29, 0.717) is 18.7 Å². The summed E-state index contributed by atoms with van der Waals surface area (Å²) in [5.74, 6) is -0.342. The molecule has 8 heteroatoms. The first-order valence-corrected chi connectivity index (χ1v) is 7.20. The van der Waals surface area contributed by atoms with Crippen LogP contribution in [-0.2, 0) is 0 Å². The lowest BCUT2D eigenvalue weighted by Crippen LogP contribution is -2.45. The van der Waals surface area contributed by atoms with Crippen molar-refractivity contribution in [3.05, 3.63) is 29.8 Å². The molecule has 0 spiro atoms. The average Bonchev–Trinajstić information content (AvgIpc) is 2.53. The molecule has 1 heterocycles. The van der Waals surface area contributed by atoms with E-state index in [1.807, 2.05) is 0 Å². The summed E-state index contributed by atoms with van der Waals surface area (Å²) in [7, 11) is 0. The van der Waals surface area contributed by atoms with Crippen molar-refractivity contribution in [2.75, 3.05) is 26.2 Å². The van der Waals surface area contributed by atoms with Crippen LogP contribution in [0.25, 0.3) is 0 Å². The molecule has 1 N–H and O–H groups in total. The molecule has 0 radical (unpaired) electrons. The zero-order chi connectivity index (χ0) is 16.9. The molecule has 0 aliphatic carbocycles. The van der Waals surface area contributed by atoms with Gasteiger partial charge in [-0.3, -0.25) is 4.90 Å². The second-order valence-corrected chi connectivity index (χ2v) is 5.20. The summed E-state index contributed by atoms with van der Waals surface area (Å²) in [5.41, 5.74) is 0.594. The standard InChI is InChI=1S/C15H17F4N3O/c16-14(17)15(18,19)23-12-3-1-2-11(10-12)13(4-5-20)22-8-6-21-7-9-22/h1-3,10,13-14,21H,4,6-9H2/t13-/m0/s1. The van der Waals surface area contributed by atoms with Crippen LogP contribution in [0.3, 0.4) is 0 Å². The van der Waals surface area contributed by atoms with Gasteiger partial charge in [0.05, 0.1) is 12.5 Å². The number of hydrogen-bond donors (Lipinski definition) is 1. The van der Waals surface area contributed by atoms with Crippen LogP contribution in [0.15, 0.2) is 24.3 Å². The minimum Gasteiger partial charge on any atom is -0.428 e. The van der Waals surface area contributed by atoms with E-state index in [4.69, 9.17) is 5.26 Å². The fourth-order valence-corrected chi connectivity index (χ4v) is 2.53. The first-order chi connectivity index (χ1) is 10.9. The summed E-state index contributed by atoms with van der Waals surface area (Å²) < 4.78 is 54.6. The van der Waals surface area contributed by atoms with Crippen molar-refractivity contribution in [2.45, 2.75) is 25.0 Å². The fraction of sp³-hybridized carbons (Fsp3) is 0.533. The maximum Gasteiger partial charge on any atom is 0.461 e. The SMILES string of the molecule is N#CC[C@@H](c1cccc(OC(F)(F)C(F)F)c1)N1CCNCC1. The first-order valence-electron chi connectivity index (χ1n) is 7.20. The Bertz CT molecular complexity index is 556. The summed E-state index contributed by atoms with van der Waals surface area (Å²) in [6, 6.07) is 7.41. The number of halogens is 4. The third kappa shape index (κ3) is 4.56. The van der Waals surface area contributed by atoms with Crippen molar-refractivity contribution in [1.82, 2.24) is 10.2 Å². The fourth-order valence-electron chi connectivity index (χ4n) is 2.53. The van der Waals surface area contributed by atoms with Gasteiger partial charge in [0.2, 0.25) is 0 Å². The summed E-state index contributed by atoms with van der Waals surface area (Å²) in [5, 5.41) is 12.2. The van der Waals surface area contributed by atoms with E-state index >= 15 is 0 Å². The molecule has 0 saturated carbocycles. The molecule has 2 rings (SSSR count). The zero-order valence-electron chi connectivity index (χ0n) is 12.3. The molecule has 1 atom stereocenters. The molecular weight excluding hydrogens is 314 g/mol. The van der Waals surface area contributed by atoms with E-state index in [1.165, 1.54) is 18.2 Å². The summed E-state index contributed by atoms with van der Waals surface area (Å²) in [4.78, 5) is 2.06. The van der Waals surface area contributed by atoms with Crippen LogP contribution in [0.1, 0.15) is 18.0 Å². The highest BCUT2D eigenvalue weighted by molar-refractivity contribution is 5.31. The molecule has 23 heavy (non-hydrogen) atoms. The molecule has 1 aromatic rings. The molecule has 1 aromatic carbocycles. The van der Waals surface area contributed by atoms with E-state index in [1.54, 1.807) is 6.07 Å². The summed E-state index contributed by atoms with van der Waals surface area (Å²) in [6.07, 6.45) is -8.28. The average molecular weight is 331 g/mol. The van der Waals surface area contributed by atoms with Crippen LogP contribution >= 0.6 is 0 Å². The second kappa shape index (κ2) is 7.62. The Kier molecular flexibility index (Phi) is 5.80. The summed E-state index contributed by atoms with van der Waals surface area (Å²) >= 11 is 0. The van der Waals surface area contributed by atoms with Crippen LogP contribution in [0.5, 0.6) is 5.75 Å². The Balaban J connectivity index is 2.20. The minimum absolute atomic E-state index is 0.175. The van der Waals surface area contributed by atoms with Crippen LogP contribution in [0.4, 0.5) is 17.6 Å². The zero-order valence-corrected chi connectivity index (χ0v) is 12.3. The number of nitrogens with one attached hydrogen (secondary N) is 1. The molecule has 126 valence electrons. The van der Waals surface area contributed by atoms with Gasteiger partial charge in [0, 0.05) is 32.2 Å². The lowest BCUT2D eigenvalue weighted by molar-refractivity contribution is -0.253. The molecule has 0 amide bonds. The van der Waals surface area contributed by atoms with E-state index in [9.17, 15) is 17.6 Å². The highest BCUT2D eigenvalue weighted by Crippen LogP contribution is 2.31. The molecule has 1 aliphatic rings. The predicted molar refractivity (Wildman–Crippen MR) is 75.4 cm³/mol. The Morgan fingerprint density at radius 1 is 1.30 bits per heavy atom. The van der Waals surface area contributed by atoms with Gasteiger partial charge in [-0.2, -0.15) is 22.8 Å². The van der Waals surface area contributed by atoms with E-state index in [-0.39, 0.29) is 18.2 Å². The predicted octanol–water partition coefficient (Wildman–Crippen LogP) is 2.78. The molecule has 0 unspecified atom stereocenters. The van der Waals surface area contributed by atoms with Crippen molar-refractivity contribution in [3.63, 3.8) is 0 Å².